The molecule has 3 heterocycles. The van der Waals surface area contributed by atoms with E-state index in [0.29, 0.717) is 40.3 Å². The molecular weight excluding hydrogens is 526 g/mol. The monoisotopic (exact) mass is 563 g/mol. The Morgan fingerprint density at radius 3 is 2.48 bits per heavy atom. The molecule has 1 aliphatic heterocycles. The fourth-order valence-corrected chi connectivity index (χ4v) is 6.23. The van der Waals surface area contributed by atoms with E-state index in [0.717, 1.165) is 37.3 Å². The maximum absolute atomic E-state index is 13.0. The molecule has 0 radical (unpaired) electrons. The number of piperidine rings is 1. The predicted octanol–water partition coefficient (Wildman–Crippen LogP) is 5.17. The Balaban J connectivity index is 1.43. The molecule has 1 aliphatic rings. The zero-order valence-electron chi connectivity index (χ0n) is 23.6. The molecule has 2 aromatic heterocycles. The summed E-state index contributed by atoms with van der Waals surface area (Å²) in [7, 11) is 2.43. The summed E-state index contributed by atoms with van der Waals surface area (Å²) in [4.78, 5) is 17.5. The first-order valence-electron chi connectivity index (χ1n) is 13.5. The van der Waals surface area contributed by atoms with Crippen LogP contribution in [0.5, 0.6) is 5.75 Å². The number of hydrogen-bond acceptors (Lipinski definition) is 9. The summed E-state index contributed by atoms with van der Waals surface area (Å²) in [6, 6.07) is 15.4. The minimum absolute atomic E-state index is 0.227. The Morgan fingerprint density at radius 2 is 1.77 bits per heavy atom. The number of fused-ring (bicyclic) bond motifs is 1. The molecule has 0 saturated carbocycles. The van der Waals surface area contributed by atoms with Crippen molar-refractivity contribution in [2.24, 2.45) is 0 Å². The maximum atomic E-state index is 13.0. The van der Waals surface area contributed by atoms with Gasteiger partial charge >= 0.3 is 0 Å². The fraction of sp³-hybridized carbons (Fsp3) is 0.379. The first-order chi connectivity index (χ1) is 19.2. The lowest BCUT2D eigenvalue weighted by Gasteiger charge is -2.36. The van der Waals surface area contributed by atoms with Gasteiger partial charge in [0.15, 0.2) is 15.7 Å². The van der Waals surface area contributed by atoms with Crippen LogP contribution in [0.25, 0.3) is 11.0 Å². The average molecular weight is 564 g/mol. The summed E-state index contributed by atoms with van der Waals surface area (Å²) in [6.45, 7) is 5.34. The first kappa shape index (κ1) is 27.7. The van der Waals surface area contributed by atoms with Crippen LogP contribution in [-0.2, 0) is 9.84 Å². The quantitative estimate of drug-likeness (QED) is 0.254. The molecule has 0 bridgehead atoms. The van der Waals surface area contributed by atoms with Crippen LogP contribution < -0.4 is 20.3 Å². The third-order valence-corrected chi connectivity index (χ3v) is 9.67. The van der Waals surface area contributed by atoms with Gasteiger partial charge in [-0.2, -0.15) is 4.98 Å². The Bertz CT molecular complexity index is 1590. The molecular formula is C29H37N7O3S. The molecule has 0 unspecified atom stereocenters. The van der Waals surface area contributed by atoms with Crippen molar-refractivity contribution in [3.05, 3.63) is 54.7 Å². The highest BCUT2D eigenvalue weighted by atomic mass is 32.2. The second-order valence-electron chi connectivity index (χ2n) is 10.5. The van der Waals surface area contributed by atoms with Crippen molar-refractivity contribution >= 4 is 49.7 Å². The highest BCUT2D eigenvalue weighted by Gasteiger charge is 2.24. The molecule has 1 fully saturated rings. The second kappa shape index (κ2) is 11.3. The van der Waals surface area contributed by atoms with Crippen LogP contribution >= 0.6 is 0 Å². The van der Waals surface area contributed by atoms with Crippen LogP contribution in [-0.4, -0.2) is 73.9 Å². The van der Waals surface area contributed by atoms with Gasteiger partial charge in [0, 0.05) is 37.1 Å². The molecule has 0 spiro atoms. The molecule has 0 atom stereocenters. The van der Waals surface area contributed by atoms with Gasteiger partial charge in [-0.15, -0.1) is 0 Å². The lowest BCUT2D eigenvalue weighted by molar-refractivity contribution is 0.249. The number of benzene rings is 2. The average Bonchev–Trinajstić information content (AvgIpc) is 3.42. The molecule has 212 valence electrons. The number of hydrogen-bond donors (Lipinski definition) is 3. The van der Waals surface area contributed by atoms with Crippen LogP contribution in [0.3, 0.4) is 0 Å². The zero-order valence-corrected chi connectivity index (χ0v) is 24.4. The van der Waals surface area contributed by atoms with Gasteiger partial charge in [-0.05, 0) is 71.1 Å². The van der Waals surface area contributed by atoms with Crippen molar-refractivity contribution < 1.29 is 13.2 Å². The van der Waals surface area contributed by atoms with Gasteiger partial charge in [0.05, 0.1) is 34.1 Å². The first-order valence-corrected chi connectivity index (χ1v) is 15.0. The van der Waals surface area contributed by atoms with Gasteiger partial charge in [0.1, 0.15) is 11.3 Å². The van der Waals surface area contributed by atoms with E-state index in [1.165, 1.54) is 0 Å². The highest BCUT2D eigenvalue weighted by Crippen LogP contribution is 2.35. The Kier molecular flexibility index (Phi) is 7.86. The van der Waals surface area contributed by atoms with Crippen molar-refractivity contribution in [3.63, 3.8) is 0 Å². The summed E-state index contributed by atoms with van der Waals surface area (Å²) in [5.41, 5.74) is 3.66. The van der Waals surface area contributed by atoms with E-state index in [1.54, 1.807) is 51.4 Å². The predicted molar refractivity (Wildman–Crippen MR) is 161 cm³/mol. The number of para-hydroxylation sites is 1. The SMILES string of the molecule is COc1cc(N2CCC(N(C)C)CC2)ccc1Nc1nc(Nc2ccccc2S(=O)(=O)C(C)C)c2[nH]ccc2n1. The van der Waals surface area contributed by atoms with Crippen molar-refractivity contribution in [2.75, 3.05) is 49.8 Å². The van der Waals surface area contributed by atoms with Crippen LogP contribution in [0.15, 0.2) is 59.6 Å². The van der Waals surface area contributed by atoms with E-state index in [2.05, 4.69) is 50.6 Å². The van der Waals surface area contributed by atoms with Gasteiger partial charge in [0.25, 0.3) is 0 Å². The number of ether oxygens (including phenoxy) is 1. The van der Waals surface area contributed by atoms with E-state index >= 15 is 0 Å². The summed E-state index contributed by atoms with van der Waals surface area (Å²) >= 11 is 0. The highest BCUT2D eigenvalue weighted by molar-refractivity contribution is 7.92. The lowest BCUT2D eigenvalue weighted by atomic mass is 10.0. The Hall–Kier alpha value is -3.83. The van der Waals surface area contributed by atoms with Crippen LogP contribution in [0, 0.1) is 0 Å². The third kappa shape index (κ3) is 5.57. The van der Waals surface area contributed by atoms with Crippen LogP contribution in [0.2, 0.25) is 0 Å². The molecule has 1 saturated heterocycles. The largest absolute Gasteiger partial charge is 0.494 e. The molecule has 5 rings (SSSR count). The van der Waals surface area contributed by atoms with Crippen molar-refractivity contribution in [1.82, 2.24) is 19.9 Å². The minimum atomic E-state index is -3.51. The molecule has 40 heavy (non-hydrogen) atoms. The molecule has 10 nitrogen and oxygen atoms in total. The zero-order chi connectivity index (χ0) is 28.4. The number of aromatic nitrogens is 3. The fourth-order valence-electron chi connectivity index (χ4n) is 5.03. The smallest absolute Gasteiger partial charge is 0.229 e. The standard InChI is InChI=1S/C29H37N7O3S/c1-19(2)40(37,38)26-9-7-6-8-23(26)31-28-27-24(12-15-30-27)33-29(34-28)32-22-11-10-21(18-25(22)39-5)36-16-13-20(14-17-36)35(3)4/h6-12,15,18-20,30H,13-14,16-17H2,1-5H3,(H2,31,32,33,34). The molecule has 2 aromatic carbocycles. The number of rotatable bonds is 9. The second-order valence-corrected chi connectivity index (χ2v) is 13.0. The number of sulfone groups is 1. The lowest BCUT2D eigenvalue weighted by Crippen LogP contribution is -2.41. The van der Waals surface area contributed by atoms with Gasteiger partial charge in [0.2, 0.25) is 5.95 Å². The molecule has 11 heteroatoms. The number of nitrogens with zero attached hydrogens (tertiary/aromatic N) is 4. The molecule has 0 aliphatic carbocycles. The number of nitrogens with one attached hydrogen (secondary N) is 3. The molecule has 4 aromatic rings. The van der Waals surface area contributed by atoms with Crippen molar-refractivity contribution in [1.29, 1.82) is 0 Å². The molecule has 3 N–H and O–H groups in total. The Morgan fingerprint density at radius 1 is 1.02 bits per heavy atom. The number of H-pyrrole nitrogens is 1. The number of anilines is 5. The normalized spacial score (nSPS) is 14.7. The van der Waals surface area contributed by atoms with Crippen LogP contribution in [0.4, 0.5) is 28.8 Å². The van der Waals surface area contributed by atoms with Crippen molar-refractivity contribution in [2.45, 2.75) is 42.9 Å². The third-order valence-electron chi connectivity index (χ3n) is 7.46. The number of methoxy groups -OCH3 is 1. The summed E-state index contributed by atoms with van der Waals surface area (Å²) in [5.74, 6) is 1.51. The minimum Gasteiger partial charge on any atom is -0.494 e. The van der Waals surface area contributed by atoms with Crippen LogP contribution in [0.1, 0.15) is 26.7 Å². The van der Waals surface area contributed by atoms with Gasteiger partial charge < -0.3 is 30.2 Å². The Labute approximate surface area is 235 Å². The van der Waals surface area contributed by atoms with Crippen molar-refractivity contribution in [3.8, 4) is 5.75 Å². The van der Waals surface area contributed by atoms with E-state index in [-0.39, 0.29) is 4.90 Å². The topological polar surface area (TPSA) is 115 Å². The molecule has 0 amide bonds. The summed E-state index contributed by atoms with van der Waals surface area (Å²) in [6.07, 6.45) is 4.02. The van der Waals surface area contributed by atoms with E-state index < -0.39 is 15.1 Å². The maximum Gasteiger partial charge on any atom is 0.229 e. The van der Waals surface area contributed by atoms with Gasteiger partial charge in [-0.25, -0.2) is 13.4 Å². The van der Waals surface area contributed by atoms with E-state index in [9.17, 15) is 8.42 Å². The van der Waals surface area contributed by atoms with Gasteiger partial charge in [-0.1, -0.05) is 12.1 Å². The van der Waals surface area contributed by atoms with Gasteiger partial charge in [-0.3, -0.25) is 0 Å². The number of aromatic amines is 1. The summed E-state index contributed by atoms with van der Waals surface area (Å²) in [5, 5.41) is 5.98. The van der Waals surface area contributed by atoms with E-state index in [1.807, 2.05) is 18.2 Å². The summed E-state index contributed by atoms with van der Waals surface area (Å²) < 4.78 is 31.8. The van der Waals surface area contributed by atoms with E-state index in [4.69, 9.17) is 9.72 Å².